The van der Waals surface area contributed by atoms with Gasteiger partial charge in [0, 0.05) is 26.1 Å². The first-order valence-electron chi connectivity index (χ1n) is 6.74. The van der Waals surface area contributed by atoms with Crippen LogP contribution in [-0.2, 0) is 26.1 Å². The molecule has 0 saturated carbocycles. The number of benzene rings is 1. The highest BCUT2D eigenvalue weighted by molar-refractivity contribution is 5.14. The molecule has 0 unspecified atom stereocenters. The third-order valence-corrected chi connectivity index (χ3v) is 3.53. The Labute approximate surface area is 113 Å². The minimum absolute atomic E-state index is 0.631. The largest absolute Gasteiger partial charge is 0.330 e. The van der Waals surface area contributed by atoms with E-state index in [0.717, 1.165) is 44.2 Å². The number of rotatable bonds is 4. The zero-order valence-corrected chi connectivity index (χ0v) is 11.0. The van der Waals surface area contributed by atoms with Gasteiger partial charge in [0.2, 0.25) is 0 Å². The summed E-state index contributed by atoms with van der Waals surface area (Å²) in [5, 5.41) is 8.52. The first-order valence-corrected chi connectivity index (χ1v) is 6.74. The van der Waals surface area contributed by atoms with Crippen molar-refractivity contribution < 1.29 is 0 Å². The maximum Gasteiger partial charge on any atom is 0.147 e. The zero-order valence-electron chi connectivity index (χ0n) is 11.0. The van der Waals surface area contributed by atoms with Crippen LogP contribution in [0.15, 0.2) is 30.3 Å². The van der Waals surface area contributed by atoms with Crippen LogP contribution >= 0.6 is 0 Å². The minimum atomic E-state index is 0.631. The van der Waals surface area contributed by atoms with Crippen molar-refractivity contribution in [2.24, 2.45) is 5.73 Å². The molecule has 19 heavy (non-hydrogen) atoms. The van der Waals surface area contributed by atoms with Crippen LogP contribution in [0.3, 0.4) is 0 Å². The fourth-order valence-corrected chi connectivity index (χ4v) is 2.56. The molecular weight excluding hydrogens is 238 g/mol. The van der Waals surface area contributed by atoms with Gasteiger partial charge in [0.1, 0.15) is 11.6 Å². The summed E-state index contributed by atoms with van der Waals surface area (Å²) >= 11 is 0. The highest BCUT2D eigenvalue weighted by atomic mass is 15.3. The lowest BCUT2D eigenvalue weighted by Gasteiger charge is -2.27. The number of hydrogen-bond acceptors (Lipinski definition) is 4. The van der Waals surface area contributed by atoms with Gasteiger partial charge in [-0.3, -0.25) is 4.90 Å². The number of nitrogens with two attached hydrogens (primary N) is 1. The van der Waals surface area contributed by atoms with Crippen molar-refractivity contribution in [3.63, 3.8) is 0 Å². The van der Waals surface area contributed by atoms with Crippen molar-refractivity contribution in [3.05, 3.63) is 47.5 Å². The Kier molecular flexibility index (Phi) is 3.57. The van der Waals surface area contributed by atoms with Crippen LogP contribution in [0.25, 0.3) is 0 Å². The van der Waals surface area contributed by atoms with Gasteiger partial charge in [0.15, 0.2) is 0 Å². The monoisotopic (exact) mass is 257 g/mol. The van der Waals surface area contributed by atoms with Crippen molar-refractivity contribution in [2.75, 3.05) is 13.1 Å². The average Bonchev–Trinajstić information content (AvgIpc) is 2.83. The molecule has 100 valence electrons. The second-order valence-electron chi connectivity index (χ2n) is 4.92. The van der Waals surface area contributed by atoms with E-state index < -0.39 is 0 Å². The quantitative estimate of drug-likeness (QED) is 0.880. The van der Waals surface area contributed by atoms with E-state index in [1.165, 1.54) is 5.56 Å². The third-order valence-electron chi connectivity index (χ3n) is 3.53. The second kappa shape index (κ2) is 5.50. The summed E-state index contributed by atoms with van der Waals surface area (Å²) in [7, 11) is 0. The first-order chi connectivity index (χ1) is 9.36. The lowest BCUT2D eigenvalue weighted by molar-refractivity contribution is 0.207. The lowest BCUT2D eigenvalue weighted by Crippen LogP contribution is -2.34. The minimum Gasteiger partial charge on any atom is -0.330 e. The van der Waals surface area contributed by atoms with Gasteiger partial charge in [-0.05, 0) is 12.1 Å². The molecular formula is C14H19N5. The molecule has 2 heterocycles. The Bertz CT molecular complexity index is 534. The number of nitrogens with zero attached hydrogens (tertiary/aromatic N) is 4. The zero-order chi connectivity index (χ0) is 13.1. The Morgan fingerprint density at radius 3 is 2.74 bits per heavy atom. The summed E-state index contributed by atoms with van der Waals surface area (Å²) in [6.45, 7) is 4.47. The SMILES string of the molecule is NCCc1nnc2n1CCN(Cc1ccccc1)C2. The van der Waals surface area contributed by atoms with E-state index in [2.05, 4.69) is 50.0 Å². The van der Waals surface area contributed by atoms with Crippen molar-refractivity contribution in [2.45, 2.75) is 26.1 Å². The van der Waals surface area contributed by atoms with Crippen LogP contribution < -0.4 is 5.73 Å². The smallest absolute Gasteiger partial charge is 0.147 e. The van der Waals surface area contributed by atoms with Crippen LogP contribution in [0.5, 0.6) is 0 Å². The van der Waals surface area contributed by atoms with E-state index in [1.54, 1.807) is 0 Å². The average molecular weight is 257 g/mol. The van der Waals surface area contributed by atoms with E-state index in [-0.39, 0.29) is 0 Å². The van der Waals surface area contributed by atoms with Crippen molar-refractivity contribution in [1.29, 1.82) is 0 Å². The van der Waals surface area contributed by atoms with Gasteiger partial charge in [-0.25, -0.2) is 0 Å². The van der Waals surface area contributed by atoms with E-state index in [4.69, 9.17) is 5.73 Å². The highest BCUT2D eigenvalue weighted by Gasteiger charge is 2.20. The van der Waals surface area contributed by atoms with Crippen molar-refractivity contribution >= 4 is 0 Å². The van der Waals surface area contributed by atoms with Gasteiger partial charge in [-0.1, -0.05) is 30.3 Å². The van der Waals surface area contributed by atoms with Gasteiger partial charge in [-0.2, -0.15) is 0 Å². The molecule has 5 nitrogen and oxygen atoms in total. The molecule has 1 aliphatic rings. The van der Waals surface area contributed by atoms with Crippen LogP contribution in [0, 0.1) is 0 Å². The van der Waals surface area contributed by atoms with Gasteiger partial charge in [-0.15, -0.1) is 10.2 Å². The number of fused-ring (bicyclic) bond motifs is 1. The summed E-state index contributed by atoms with van der Waals surface area (Å²) in [6.07, 6.45) is 0.811. The lowest BCUT2D eigenvalue weighted by atomic mass is 10.2. The van der Waals surface area contributed by atoms with Gasteiger partial charge in [0.25, 0.3) is 0 Å². The normalized spacial score (nSPS) is 15.4. The summed E-state index contributed by atoms with van der Waals surface area (Å²) in [6, 6.07) is 10.6. The predicted octanol–water partition coefficient (Wildman–Crippen LogP) is 0.795. The van der Waals surface area contributed by atoms with Crippen LogP contribution in [0.2, 0.25) is 0 Å². The van der Waals surface area contributed by atoms with Crippen molar-refractivity contribution in [3.8, 4) is 0 Å². The van der Waals surface area contributed by atoms with Gasteiger partial charge >= 0.3 is 0 Å². The molecule has 0 fully saturated rings. The Morgan fingerprint density at radius 1 is 1.11 bits per heavy atom. The molecule has 1 aromatic carbocycles. The predicted molar refractivity (Wildman–Crippen MR) is 73.3 cm³/mol. The fourth-order valence-electron chi connectivity index (χ4n) is 2.56. The maximum absolute atomic E-state index is 5.59. The Balaban J connectivity index is 1.69. The van der Waals surface area contributed by atoms with E-state index in [1.807, 2.05) is 0 Å². The van der Waals surface area contributed by atoms with E-state index >= 15 is 0 Å². The summed E-state index contributed by atoms with van der Waals surface area (Å²) in [4.78, 5) is 2.41. The first kappa shape index (κ1) is 12.3. The topological polar surface area (TPSA) is 60.0 Å². The van der Waals surface area contributed by atoms with E-state index in [0.29, 0.717) is 6.54 Å². The van der Waals surface area contributed by atoms with Gasteiger partial charge < -0.3 is 10.3 Å². The molecule has 0 spiro atoms. The highest BCUT2D eigenvalue weighted by Crippen LogP contribution is 2.15. The molecule has 5 heteroatoms. The molecule has 1 aliphatic heterocycles. The number of aromatic nitrogens is 3. The third kappa shape index (κ3) is 2.67. The van der Waals surface area contributed by atoms with Crippen LogP contribution in [0.1, 0.15) is 17.2 Å². The molecule has 0 amide bonds. The van der Waals surface area contributed by atoms with Crippen molar-refractivity contribution in [1.82, 2.24) is 19.7 Å². The Hall–Kier alpha value is -1.72. The fraction of sp³-hybridized carbons (Fsp3) is 0.429. The summed E-state index contributed by atoms with van der Waals surface area (Å²) in [5.41, 5.74) is 6.94. The van der Waals surface area contributed by atoms with Crippen LogP contribution in [-0.4, -0.2) is 32.8 Å². The molecule has 2 N–H and O–H groups in total. The molecule has 3 rings (SSSR count). The Morgan fingerprint density at radius 2 is 1.95 bits per heavy atom. The summed E-state index contributed by atoms with van der Waals surface area (Å²) in [5.74, 6) is 2.09. The molecule has 0 aliphatic carbocycles. The molecule has 2 aromatic rings. The molecule has 0 bridgehead atoms. The molecule has 0 atom stereocenters. The van der Waals surface area contributed by atoms with E-state index in [9.17, 15) is 0 Å². The molecule has 0 radical (unpaired) electrons. The maximum atomic E-state index is 5.59. The van der Waals surface area contributed by atoms with Gasteiger partial charge in [0.05, 0.1) is 6.54 Å². The van der Waals surface area contributed by atoms with Crippen LogP contribution in [0.4, 0.5) is 0 Å². The molecule has 0 saturated heterocycles. The number of hydrogen-bond donors (Lipinski definition) is 1. The molecule has 1 aromatic heterocycles. The second-order valence-corrected chi connectivity index (χ2v) is 4.92. The standard InChI is InChI=1S/C14H19N5/c15-7-6-13-16-17-14-11-18(8-9-19(13)14)10-12-4-2-1-3-5-12/h1-5H,6-11,15H2. The summed E-state index contributed by atoms with van der Waals surface area (Å²) < 4.78 is 2.22.